The zero-order valence-corrected chi connectivity index (χ0v) is 15.8. The van der Waals surface area contributed by atoms with Gasteiger partial charge in [-0.2, -0.15) is 0 Å². The number of carbonyl (C=O) groups excluding carboxylic acids is 1. The summed E-state index contributed by atoms with van der Waals surface area (Å²) in [4.78, 5) is 23.7. The summed E-state index contributed by atoms with van der Waals surface area (Å²) in [5.74, 6) is 0.134. The lowest BCUT2D eigenvalue weighted by Crippen LogP contribution is -2.30. The number of phenols is 1. The third-order valence-electron chi connectivity index (χ3n) is 4.25. The molecule has 4 rings (SSSR count). The molecule has 0 unspecified atom stereocenters. The van der Waals surface area contributed by atoms with E-state index in [-0.39, 0.29) is 11.7 Å². The molecular weight excluding hydrogens is 378 g/mol. The maximum absolute atomic E-state index is 12.8. The number of carbonyl (C=O) groups is 1. The second kappa shape index (κ2) is 7.46. The Morgan fingerprint density at radius 2 is 1.89 bits per heavy atom. The smallest absolute Gasteiger partial charge is 0.266 e. The van der Waals surface area contributed by atoms with E-state index in [0.29, 0.717) is 22.2 Å². The fourth-order valence-electron chi connectivity index (χ4n) is 2.87. The van der Waals surface area contributed by atoms with Crippen molar-refractivity contribution in [3.05, 3.63) is 70.9 Å². The molecule has 1 saturated heterocycles. The second-order valence-electron chi connectivity index (χ2n) is 6.02. The van der Waals surface area contributed by atoms with Crippen LogP contribution in [0.15, 0.2) is 59.8 Å². The van der Waals surface area contributed by atoms with Gasteiger partial charge in [-0.15, -0.1) is 0 Å². The molecule has 0 saturated carbocycles. The van der Waals surface area contributed by atoms with Crippen LogP contribution in [0, 0.1) is 0 Å². The molecule has 1 N–H and O–H groups in total. The van der Waals surface area contributed by atoms with Crippen LogP contribution in [-0.2, 0) is 11.2 Å². The normalized spacial score (nSPS) is 15.9. The van der Waals surface area contributed by atoms with Gasteiger partial charge < -0.3 is 5.11 Å². The van der Waals surface area contributed by atoms with Gasteiger partial charge in [-0.1, -0.05) is 48.2 Å². The van der Waals surface area contributed by atoms with Gasteiger partial charge in [0.2, 0.25) is 0 Å². The van der Waals surface area contributed by atoms with Crippen molar-refractivity contribution in [1.82, 2.24) is 14.9 Å². The molecule has 1 aliphatic rings. The summed E-state index contributed by atoms with van der Waals surface area (Å²) >= 11 is 6.71. The largest absolute Gasteiger partial charge is 0.508 e. The minimum Gasteiger partial charge on any atom is -0.508 e. The first kappa shape index (κ1) is 17.6. The number of nitrogens with zero attached hydrogens (tertiary/aromatic N) is 3. The summed E-state index contributed by atoms with van der Waals surface area (Å²) in [5.41, 5.74) is 3.43. The average molecular weight is 393 g/mol. The summed E-state index contributed by atoms with van der Waals surface area (Å²) in [6, 6.07) is 12.7. The van der Waals surface area contributed by atoms with Gasteiger partial charge in [0.25, 0.3) is 5.91 Å². The third-order valence-corrected chi connectivity index (χ3v) is 5.63. The molecule has 1 amide bonds. The van der Waals surface area contributed by atoms with Crippen LogP contribution in [0.5, 0.6) is 5.75 Å². The van der Waals surface area contributed by atoms with Crippen LogP contribution < -0.4 is 0 Å². The highest BCUT2D eigenvalue weighted by Crippen LogP contribution is 2.33. The van der Waals surface area contributed by atoms with Gasteiger partial charge in [0.1, 0.15) is 10.1 Å². The number of thioether (sulfide) groups is 1. The summed E-state index contributed by atoms with van der Waals surface area (Å²) in [6.07, 6.45) is 5.79. The number of hydrogen-bond donors (Lipinski definition) is 1. The fourth-order valence-corrected chi connectivity index (χ4v) is 4.17. The Kier molecular flexibility index (Phi) is 4.87. The van der Waals surface area contributed by atoms with E-state index in [1.165, 1.54) is 11.8 Å². The zero-order valence-electron chi connectivity index (χ0n) is 14.2. The number of hydrogen-bond acceptors (Lipinski definition) is 6. The van der Waals surface area contributed by atoms with Gasteiger partial charge in [-0.25, -0.2) is 0 Å². The SMILES string of the molecule is O=C1/C(=C\c2cccc3nccnc23)SC(=S)N1CCc1ccc(O)cc1. The molecule has 0 atom stereocenters. The summed E-state index contributed by atoms with van der Waals surface area (Å²) in [6.45, 7) is 0.502. The van der Waals surface area contributed by atoms with Crippen molar-refractivity contribution in [3.8, 4) is 5.75 Å². The number of thiocarbonyl (C=S) groups is 1. The van der Waals surface area contributed by atoms with Crippen molar-refractivity contribution in [2.24, 2.45) is 0 Å². The highest BCUT2D eigenvalue weighted by molar-refractivity contribution is 8.26. The van der Waals surface area contributed by atoms with Crippen molar-refractivity contribution < 1.29 is 9.90 Å². The van der Waals surface area contributed by atoms with E-state index in [1.807, 2.05) is 36.4 Å². The zero-order chi connectivity index (χ0) is 18.8. The van der Waals surface area contributed by atoms with Crippen LogP contribution in [0.3, 0.4) is 0 Å². The molecule has 7 heteroatoms. The predicted octanol–water partition coefficient (Wildman–Crippen LogP) is 3.78. The molecule has 27 heavy (non-hydrogen) atoms. The molecule has 1 aliphatic heterocycles. The van der Waals surface area contributed by atoms with Crippen molar-refractivity contribution in [3.63, 3.8) is 0 Å². The van der Waals surface area contributed by atoms with E-state index in [0.717, 1.165) is 22.2 Å². The monoisotopic (exact) mass is 393 g/mol. The van der Waals surface area contributed by atoms with Crippen LogP contribution in [-0.4, -0.2) is 36.7 Å². The lowest BCUT2D eigenvalue weighted by molar-refractivity contribution is -0.122. The van der Waals surface area contributed by atoms with Crippen molar-refractivity contribution in [1.29, 1.82) is 0 Å². The van der Waals surface area contributed by atoms with Gasteiger partial charge in [0, 0.05) is 24.5 Å². The Morgan fingerprint density at radius 3 is 2.70 bits per heavy atom. The van der Waals surface area contributed by atoms with Gasteiger partial charge in [0.15, 0.2) is 0 Å². The van der Waals surface area contributed by atoms with Gasteiger partial charge in [0.05, 0.1) is 15.9 Å². The number of phenolic OH excluding ortho intramolecular Hbond substituents is 1. The van der Waals surface area contributed by atoms with Crippen LogP contribution in [0.2, 0.25) is 0 Å². The minimum absolute atomic E-state index is 0.0929. The maximum atomic E-state index is 12.8. The molecule has 0 spiro atoms. The summed E-state index contributed by atoms with van der Waals surface area (Å²) < 4.78 is 0.552. The Hall–Kier alpha value is -2.77. The van der Waals surface area contributed by atoms with E-state index >= 15 is 0 Å². The first-order valence-electron chi connectivity index (χ1n) is 8.35. The molecule has 2 heterocycles. The molecule has 1 fully saturated rings. The molecule has 1 aromatic heterocycles. The number of amides is 1. The quantitative estimate of drug-likeness (QED) is 0.538. The number of aromatic hydroxyl groups is 1. The van der Waals surface area contributed by atoms with Gasteiger partial charge in [-0.3, -0.25) is 19.7 Å². The maximum Gasteiger partial charge on any atom is 0.266 e. The Balaban J connectivity index is 1.55. The highest BCUT2D eigenvalue weighted by atomic mass is 32.2. The fraction of sp³-hybridized carbons (Fsp3) is 0.100. The van der Waals surface area contributed by atoms with E-state index < -0.39 is 0 Å². The molecular formula is C20H15N3O2S2. The topological polar surface area (TPSA) is 66.3 Å². The number of fused-ring (bicyclic) bond motifs is 1. The van der Waals surface area contributed by atoms with E-state index in [9.17, 15) is 9.90 Å². The summed E-state index contributed by atoms with van der Waals surface area (Å²) in [7, 11) is 0. The van der Waals surface area contributed by atoms with Gasteiger partial charge >= 0.3 is 0 Å². The third kappa shape index (κ3) is 3.70. The predicted molar refractivity (Wildman–Crippen MR) is 111 cm³/mol. The van der Waals surface area contributed by atoms with E-state index in [2.05, 4.69) is 9.97 Å². The minimum atomic E-state index is -0.0929. The van der Waals surface area contributed by atoms with Crippen LogP contribution in [0.4, 0.5) is 0 Å². The molecule has 5 nitrogen and oxygen atoms in total. The van der Waals surface area contributed by atoms with E-state index in [1.54, 1.807) is 29.4 Å². The number of aromatic nitrogens is 2. The lowest BCUT2D eigenvalue weighted by Gasteiger charge is -2.14. The van der Waals surface area contributed by atoms with Crippen LogP contribution in [0.25, 0.3) is 17.1 Å². The van der Waals surface area contributed by atoms with Crippen molar-refractivity contribution in [2.45, 2.75) is 6.42 Å². The molecule has 0 aliphatic carbocycles. The Bertz CT molecular complexity index is 1060. The number of para-hydroxylation sites is 1. The Morgan fingerprint density at radius 1 is 1.11 bits per heavy atom. The average Bonchev–Trinajstić information content (AvgIpc) is 2.95. The molecule has 2 aromatic carbocycles. The standard InChI is InChI=1S/C20H15N3O2S2/c24-15-6-4-13(5-7-15)8-11-23-19(25)17(27-20(23)26)12-14-2-1-3-16-18(14)22-10-9-21-16/h1-7,9-10,12,24H,8,11H2/b17-12+. The molecule has 0 radical (unpaired) electrons. The molecule has 0 bridgehead atoms. The first-order valence-corrected chi connectivity index (χ1v) is 9.57. The number of benzene rings is 2. The molecule has 3 aromatic rings. The Labute approximate surface area is 165 Å². The van der Waals surface area contributed by atoms with Crippen LogP contribution in [0.1, 0.15) is 11.1 Å². The molecule has 134 valence electrons. The number of rotatable bonds is 4. The van der Waals surface area contributed by atoms with Crippen molar-refractivity contribution in [2.75, 3.05) is 6.54 Å². The van der Waals surface area contributed by atoms with Crippen LogP contribution >= 0.6 is 24.0 Å². The lowest BCUT2D eigenvalue weighted by atomic mass is 10.1. The first-order chi connectivity index (χ1) is 13.1. The van der Waals surface area contributed by atoms with E-state index in [4.69, 9.17) is 12.2 Å². The second-order valence-corrected chi connectivity index (χ2v) is 7.70. The van der Waals surface area contributed by atoms with Crippen molar-refractivity contribution >= 4 is 51.3 Å². The highest BCUT2D eigenvalue weighted by Gasteiger charge is 2.31. The summed E-state index contributed by atoms with van der Waals surface area (Å²) in [5, 5.41) is 9.37. The van der Waals surface area contributed by atoms with Gasteiger partial charge in [-0.05, 0) is 36.3 Å².